The van der Waals surface area contributed by atoms with E-state index in [4.69, 9.17) is 4.74 Å². The van der Waals surface area contributed by atoms with Gasteiger partial charge in [0.15, 0.2) is 6.23 Å². The SMILES string of the molecule is CCc1ccc(-c2cn([C@@H]3O[C@H](C)[C@@H](O)[C@H]3O)c3c2CN(Nc2ccc(F)cc2)C=N3)cc1. The number of nitrogens with one attached hydrogen (secondary N) is 1. The van der Waals surface area contributed by atoms with E-state index in [2.05, 4.69) is 41.6 Å². The molecule has 2 aliphatic heterocycles. The predicted molar refractivity (Wildman–Crippen MR) is 125 cm³/mol. The summed E-state index contributed by atoms with van der Waals surface area (Å²) in [6, 6.07) is 14.5. The molecule has 0 radical (unpaired) electrons. The average Bonchev–Trinajstić information content (AvgIpc) is 3.33. The number of halogens is 1. The van der Waals surface area contributed by atoms with Crippen LogP contribution in [0.4, 0.5) is 15.9 Å². The third-order valence-corrected chi connectivity index (χ3v) is 6.30. The Bertz CT molecular complexity index is 1160. The van der Waals surface area contributed by atoms with Gasteiger partial charge in [-0.1, -0.05) is 31.2 Å². The van der Waals surface area contributed by atoms with Crippen LogP contribution in [0, 0.1) is 5.82 Å². The minimum absolute atomic E-state index is 0.295. The number of benzene rings is 2. The third-order valence-electron chi connectivity index (χ3n) is 6.30. The van der Waals surface area contributed by atoms with Crippen molar-refractivity contribution in [3.63, 3.8) is 0 Å². The zero-order valence-corrected chi connectivity index (χ0v) is 18.5. The summed E-state index contributed by atoms with van der Waals surface area (Å²) in [7, 11) is 0. The molecule has 0 unspecified atom stereocenters. The maximum absolute atomic E-state index is 13.3. The number of aromatic nitrogens is 1. The largest absolute Gasteiger partial charge is 0.388 e. The second kappa shape index (κ2) is 8.62. The number of ether oxygens (including phenoxy) is 1. The first-order chi connectivity index (χ1) is 15.9. The Balaban J connectivity index is 1.52. The smallest absolute Gasteiger partial charge is 0.164 e. The van der Waals surface area contributed by atoms with E-state index in [0.29, 0.717) is 12.4 Å². The molecule has 8 heteroatoms. The summed E-state index contributed by atoms with van der Waals surface area (Å²) in [6.45, 7) is 4.35. The molecule has 0 saturated carbocycles. The Hall–Kier alpha value is -3.20. The van der Waals surface area contributed by atoms with Gasteiger partial charge in [0.05, 0.1) is 18.3 Å². The second-order valence-electron chi connectivity index (χ2n) is 8.51. The lowest BCUT2D eigenvalue weighted by molar-refractivity contribution is -0.0308. The fourth-order valence-electron chi connectivity index (χ4n) is 4.37. The number of aliphatic imine (C=N–C) groups is 1. The van der Waals surface area contributed by atoms with Crippen LogP contribution < -0.4 is 5.43 Å². The van der Waals surface area contributed by atoms with Crippen molar-refractivity contribution in [2.75, 3.05) is 5.43 Å². The Morgan fingerprint density at radius 2 is 1.82 bits per heavy atom. The summed E-state index contributed by atoms with van der Waals surface area (Å²) in [6.07, 6.45) is 1.30. The van der Waals surface area contributed by atoms with Gasteiger partial charge in [0.2, 0.25) is 0 Å². The predicted octanol–water partition coefficient (Wildman–Crippen LogP) is 4.00. The minimum atomic E-state index is -1.06. The molecule has 0 amide bonds. The van der Waals surface area contributed by atoms with E-state index in [-0.39, 0.29) is 5.82 Å². The fraction of sp³-hybridized carbons (Fsp3) is 0.320. The normalized spacial score (nSPS) is 24.2. The van der Waals surface area contributed by atoms with E-state index in [1.165, 1.54) is 17.7 Å². The summed E-state index contributed by atoms with van der Waals surface area (Å²) in [4.78, 5) is 4.65. The molecule has 1 aromatic heterocycles. The first kappa shape index (κ1) is 21.6. The maximum atomic E-state index is 13.3. The summed E-state index contributed by atoms with van der Waals surface area (Å²) >= 11 is 0. The topological polar surface area (TPSA) is 82.2 Å². The molecule has 3 aromatic rings. The molecule has 0 aliphatic carbocycles. The van der Waals surface area contributed by atoms with Crippen molar-refractivity contribution in [1.29, 1.82) is 0 Å². The van der Waals surface area contributed by atoms with E-state index in [9.17, 15) is 14.6 Å². The Morgan fingerprint density at radius 1 is 1.09 bits per heavy atom. The van der Waals surface area contributed by atoms with Crippen molar-refractivity contribution in [2.45, 2.75) is 51.4 Å². The molecule has 7 nitrogen and oxygen atoms in total. The minimum Gasteiger partial charge on any atom is -0.388 e. The lowest BCUT2D eigenvalue weighted by atomic mass is 10.0. The highest BCUT2D eigenvalue weighted by molar-refractivity contribution is 5.77. The lowest BCUT2D eigenvalue weighted by Gasteiger charge is -2.26. The summed E-state index contributed by atoms with van der Waals surface area (Å²) in [5.41, 5.74) is 8.18. The average molecular weight is 451 g/mol. The molecule has 3 N–H and O–H groups in total. The van der Waals surface area contributed by atoms with Crippen LogP contribution in [0.1, 0.15) is 31.2 Å². The van der Waals surface area contributed by atoms with Gasteiger partial charge in [-0.05, 0) is 48.7 Å². The molecule has 172 valence electrons. The van der Waals surface area contributed by atoms with Crippen molar-refractivity contribution in [1.82, 2.24) is 9.58 Å². The van der Waals surface area contributed by atoms with Gasteiger partial charge >= 0.3 is 0 Å². The molecule has 0 bridgehead atoms. The molecule has 1 fully saturated rings. The van der Waals surface area contributed by atoms with Crippen molar-refractivity contribution in [2.24, 2.45) is 4.99 Å². The van der Waals surface area contributed by atoms with Gasteiger partial charge in [0.1, 0.15) is 30.2 Å². The highest BCUT2D eigenvalue weighted by Gasteiger charge is 2.42. The fourth-order valence-corrected chi connectivity index (χ4v) is 4.37. The van der Waals surface area contributed by atoms with Gasteiger partial charge in [0, 0.05) is 17.3 Å². The van der Waals surface area contributed by atoms with Gasteiger partial charge in [-0.15, -0.1) is 0 Å². The van der Waals surface area contributed by atoms with Crippen molar-refractivity contribution in [3.8, 4) is 11.1 Å². The number of anilines is 1. The Kier molecular flexibility index (Phi) is 5.65. The zero-order chi connectivity index (χ0) is 23.1. The monoisotopic (exact) mass is 450 g/mol. The number of hydrazine groups is 1. The van der Waals surface area contributed by atoms with Crippen molar-refractivity contribution >= 4 is 17.8 Å². The first-order valence-electron chi connectivity index (χ1n) is 11.1. The molecule has 2 aromatic carbocycles. The molecule has 3 heterocycles. The number of rotatable bonds is 5. The molecule has 1 saturated heterocycles. The molecule has 2 aliphatic rings. The van der Waals surface area contributed by atoms with Crippen LogP contribution in [0.15, 0.2) is 59.7 Å². The molecule has 5 rings (SSSR count). The summed E-state index contributed by atoms with van der Waals surface area (Å²) < 4.78 is 21.0. The van der Waals surface area contributed by atoms with Crippen molar-refractivity contribution < 1.29 is 19.3 Å². The number of nitrogens with zero attached hydrogens (tertiary/aromatic N) is 3. The number of aliphatic hydroxyl groups excluding tert-OH is 2. The molecule has 0 spiro atoms. The van der Waals surface area contributed by atoms with Crippen LogP contribution in [0.3, 0.4) is 0 Å². The summed E-state index contributed by atoms with van der Waals surface area (Å²) in [5.74, 6) is 0.378. The number of hydrogen-bond acceptors (Lipinski definition) is 6. The van der Waals surface area contributed by atoms with E-state index in [1.807, 2.05) is 15.8 Å². The second-order valence-corrected chi connectivity index (χ2v) is 8.51. The van der Waals surface area contributed by atoms with E-state index < -0.39 is 24.5 Å². The number of hydrogen-bond donors (Lipinski definition) is 3. The lowest BCUT2D eigenvalue weighted by Crippen LogP contribution is -2.31. The van der Waals surface area contributed by atoms with Gasteiger partial charge in [-0.3, -0.25) is 10.4 Å². The molecular weight excluding hydrogens is 423 g/mol. The zero-order valence-electron chi connectivity index (χ0n) is 18.5. The van der Waals surface area contributed by atoms with Crippen LogP contribution in [0.5, 0.6) is 0 Å². The summed E-state index contributed by atoms with van der Waals surface area (Å²) in [5, 5.41) is 22.7. The van der Waals surface area contributed by atoms with Gasteiger partial charge in [-0.2, -0.15) is 0 Å². The highest BCUT2D eigenvalue weighted by atomic mass is 19.1. The van der Waals surface area contributed by atoms with E-state index in [1.54, 1.807) is 25.4 Å². The molecule has 33 heavy (non-hydrogen) atoms. The van der Waals surface area contributed by atoms with Gasteiger partial charge < -0.3 is 19.5 Å². The van der Waals surface area contributed by atoms with Crippen molar-refractivity contribution in [3.05, 3.63) is 71.7 Å². The third kappa shape index (κ3) is 4.01. The standard InChI is InChI=1S/C25H27FN4O3/c1-3-16-4-6-17(7-5-16)20-13-30(25-23(32)22(31)15(2)33-25)24-21(20)12-29(14-27-24)28-19-10-8-18(26)9-11-19/h4-11,13-15,22-23,25,28,31-32H,3,12H2,1-2H3/t15-,22-,23-,25-/m1/s1. The molecule has 4 atom stereocenters. The molecular formula is C25H27FN4O3. The van der Waals surface area contributed by atoms with Gasteiger partial charge in [-0.25, -0.2) is 9.38 Å². The van der Waals surface area contributed by atoms with Gasteiger partial charge in [0.25, 0.3) is 0 Å². The van der Waals surface area contributed by atoms with E-state index >= 15 is 0 Å². The number of fused-ring (bicyclic) bond motifs is 1. The number of aliphatic hydroxyl groups is 2. The Morgan fingerprint density at radius 3 is 2.45 bits per heavy atom. The van der Waals surface area contributed by atoms with Crippen LogP contribution in [-0.2, 0) is 17.7 Å². The van der Waals surface area contributed by atoms with Crippen LogP contribution in [0.2, 0.25) is 0 Å². The maximum Gasteiger partial charge on any atom is 0.164 e. The first-order valence-corrected chi connectivity index (χ1v) is 11.1. The van der Waals surface area contributed by atoms with Crippen LogP contribution >= 0.6 is 0 Å². The Labute approximate surface area is 191 Å². The van der Waals surface area contributed by atoms with E-state index in [0.717, 1.165) is 28.8 Å². The quantitative estimate of drug-likeness (QED) is 0.548. The number of aryl methyl sites for hydroxylation is 1. The highest BCUT2D eigenvalue weighted by Crippen LogP contribution is 2.41. The van der Waals surface area contributed by atoms with Crippen LogP contribution in [0.25, 0.3) is 11.1 Å². The van der Waals surface area contributed by atoms with Crippen LogP contribution in [-0.4, -0.2) is 44.4 Å².